The van der Waals surface area contributed by atoms with Gasteiger partial charge in [-0.2, -0.15) is 0 Å². The van der Waals surface area contributed by atoms with Crippen LogP contribution in [0.15, 0.2) is 0 Å². The molecule has 78 valence electrons. The highest BCUT2D eigenvalue weighted by molar-refractivity contribution is 6.58. The van der Waals surface area contributed by atoms with Crippen molar-refractivity contribution >= 4 is 6.98 Å². The van der Waals surface area contributed by atoms with E-state index >= 15 is 0 Å². The van der Waals surface area contributed by atoms with Gasteiger partial charge in [-0.25, -0.2) is 0 Å². The maximum Gasteiger partial charge on any atom is 0.478 e. The number of hydrogen-bond donors (Lipinski definition) is 0. The molecule has 0 aromatic carbocycles. The van der Waals surface area contributed by atoms with E-state index in [1.165, 1.54) is 0 Å². The molecule has 1 rings (SSSR count). The van der Waals surface area contributed by atoms with E-state index in [1.807, 2.05) is 0 Å². The quantitative estimate of drug-likeness (QED) is 0.580. The second kappa shape index (κ2) is 3.54. The standard InChI is InChI=1S/C9H17BF3/c1-9(2)5-3-8(4-6-9)7-10(11,12)13/h8H,3-7H2,1-2H3/q-1. The van der Waals surface area contributed by atoms with Crippen LogP contribution in [0.2, 0.25) is 6.32 Å². The highest BCUT2D eigenvalue weighted by Gasteiger charge is 2.32. The fourth-order valence-electron chi connectivity index (χ4n) is 2.07. The summed E-state index contributed by atoms with van der Waals surface area (Å²) in [5.41, 5.74) is 0.273. The first-order chi connectivity index (χ1) is 5.79. The number of halogens is 3. The summed E-state index contributed by atoms with van der Waals surface area (Å²) in [5, 5.41) is 0. The predicted molar refractivity (Wildman–Crippen MR) is 49.6 cm³/mol. The monoisotopic (exact) mass is 193 g/mol. The van der Waals surface area contributed by atoms with Crippen LogP contribution in [0.4, 0.5) is 12.9 Å². The molecule has 0 heterocycles. The third-order valence-corrected chi connectivity index (χ3v) is 3.06. The first-order valence-electron chi connectivity index (χ1n) is 4.99. The molecule has 0 radical (unpaired) electrons. The van der Waals surface area contributed by atoms with Crippen LogP contribution < -0.4 is 0 Å². The zero-order valence-corrected chi connectivity index (χ0v) is 8.32. The van der Waals surface area contributed by atoms with Gasteiger partial charge in [0.25, 0.3) is 0 Å². The molecule has 0 nitrogen and oxygen atoms in total. The topological polar surface area (TPSA) is 0 Å². The zero-order chi connectivity index (χ0) is 10.1. The minimum absolute atomic E-state index is 0.0898. The minimum Gasteiger partial charge on any atom is -0.449 e. The Morgan fingerprint density at radius 2 is 1.62 bits per heavy atom. The lowest BCUT2D eigenvalue weighted by molar-refractivity contribution is 0.194. The zero-order valence-electron chi connectivity index (χ0n) is 8.32. The summed E-state index contributed by atoms with van der Waals surface area (Å²) in [5.74, 6) is -0.0898. The smallest absolute Gasteiger partial charge is 0.449 e. The number of rotatable bonds is 2. The van der Waals surface area contributed by atoms with Crippen molar-refractivity contribution in [2.75, 3.05) is 0 Å². The molecule has 0 aromatic rings. The van der Waals surface area contributed by atoms with E-state index in [0.29, 0.717) is 0 Å². The molecule has 0 aliphatic heterocycles. The molecule has 1 fully saturated rings. The van der Waals surface area contributed by atoms with Crippen LogP contribution in [-0.4, -0.2) is 6.98 Å². The largest absolute Gasteiger partial charge is 0.478 e. The van der Waals surface area contributed by atoms with Crippen molar-refractivity contribution in [3.8, 4) is 0 Å². The van der Waals surface area contributed by atoms with Gasteiger partial charge in [0.05, 0.1) is 0 Å². The summed E-state index contributed by atoms with van der Waals surface area (Å²) in [7, 11) is 0. The average Bonchev–Trinajstić information content (AvgIpc) is 1.91. The van der Waals surface area contributed by atoms with Crippen LogP contribution >= 0.6 is 0 Å². The van der Waals surface area contributed by atoms with Gasteiger partial charge >= 0.3 is 6.98 Å². The van der Waals surface area contributed by atoms with Gasteiger partial charge in [0.2, 0.25) is 0 Å². The summed E-state index contributed by atoms with van der Waals surface area (Å²) in [4.78, 5) is 0. The third kappa shape index (κ3) is 4.05. The first kappa shape index (κ1) is 10.9. The Bertz CT molecular complexity index is 164. The van der Waals surface area contributed by atoms with Crippen LogP contribution in [0.5, 0.6) is 0 Å². The van der Waals surface area contributed by atoms with Gasteiger partial charge < -0.3 is 12.9 Å². The summed E-state index contributed by atoms with van der Waals surface area (Å²) in [6, 6.07) is 0. The second-order valence-corrected chi connectivity index (χ2v) is 5.05. The Morgan fingerprint density at radius 1 is 1.15 bits per heavy atom. The molecule has 0 spiro atoms. The summed E-state index contributed by atoms with van der Waals surface area (Å²) in [6.07, 6.45) is 2.90. The highest BCUT2D eigenvalue weighted by atomic mass is 19.4. The maximum atomic E-state index is 12.1. The Kier molecular flexibility index (Phi) is 2.98. The minimum atomic E-state index is -4.56. The van der Waals surface area contributed by atoms with Crippen molar-refractivity contribution in [3.63, 3.8) is 0 Å². The normalized spacial score (nSPS) is 24.7. The Morgan fingerprint density at radius 3 is 2.00 bits per heavy atom. The van der Waals surface area contributed by atoms with Gasteiger partial charge in [0, 0.05) is 0 Å². The molecule has 4 heteroatoms. The molecule has 0 amide bonds. The van der Waals surface area contributed by atoms with Crippen molar-refractivity contribution in [3.05, 3.63) is 0 Å². The molecule has 0 saturated heterocycles. The van der Waals surface area contributed by atoms with Crippen LogP contribution in [0.25, 0.3) is 0 Å². The van der Waals surface area contributed by atoms with Crippen molar-refractivity contribution in [2.24, 2.45) is 11.3 Å². The predicted octanol–water partition coefficient (Wildman–Crippen LogP) is 4.05. The van der Waals surface area contributed by atoms with Gasteiger partial charge in [-0.15, -0.1) is 0 Å². The molecule has 1 aliphatic rings. The molecular weight excluding hydrogens is 176 g/mol. The van der Waals surface area contributed by atoms with Gasteiger partial charge in [0.1, 0.15) is 0 Å². The SMILES string of the molecule is CC1(C)CCC(C[B-](F)(F)F)CC1. The lowest BCUT2D eigenvalue weighted by atomic mass is 9.66. The molecule has 1 aliphatic carbocycles. The fraction of sp³-hybridized carbons (Fsp3) is 1.00. The lowest BCUT2D eigenvalue weighted by Gasteiger charge is -2.36. The van der Waals surface area contributed by atoms with E-state index in [4.69, 9.17) is 0 Å². The maximum absolute atomic E-state index is 12.1. The third-order valence-electron chi connectivity index (χ3n) is 3.06. The second-order valence-electron chi connectivity index (χ2n) is 5.05. The van der Waals surface area contributed by atoms with Crippen LogP contribution in [-0.2, 0) is 0 Å². The number of hydrogen-bond acceptors (Lipinski definition) is 0. The van der Waals surface area contributed by atoms with Crippen molar-refractivity contribution in [1.82, 2.24) is 0 Å². The molecule has 0 unspecified atom stereocenters. The van der Waals surface area contributed by atoms with E-state index in [2.05, 4.69) is 13.8 Å². The molecule has 0 atom stereocenters. The molecule has 13 heavy (non-hydrogen) atoms. The van der Waals surface area contributed by atoms with Crippen molar-refractivity contribution in [2.45, 2.75) is 45.9 Å². The summed E-state index contributed by atoms with van der Waals surface area (Å²) >= 11 is 0. The van der Waals surface area contributed by atoms with Gasteiger partial charge in [-0.1, -0.05) is 38.9 Å². The molecular formula is C9H17BF3-. The Hall–Kier alpha value is -0.145. The van der Waals surface area contributed by atoms with E-state index in [1.54, 1.807) is 0 Å². The van der Waals surface area contributed by atoms with Crippen LogP contribution in [0.1, 0.15) is 39.5 Å². The molecule has 0 aromatic heterocycles. The average molecular weight is 193 g/mol. The van der Waals surface area contributed by atoms with E-state index < -0.39 is 13.3 Å². The van der Waals surface area contributed by atoms with Crippen LogP contribution in [0, 0.1) is 11.3 Å². The van der Waals surface area contributed by atoms with E-state index in [0.717, 1.165) is 25.7 Å². The highest BCUT2D eigenvalue weighted by Crippen LogP contribution is 2.41. The Balaban J connectivity index is 2.34. The summed E-state index contributed by atoms with van der Waals surface area (Å²) < 4.78 is 36.3. The van der Waals surface area contributed by atoms with Gasteiger partial charge in [0.15, 0.2) is 0 Å². The summed E-state index contributed by atoms with van der Waals surface area (Å²) in [6.45, 7) is -0.281. The van der Waals surface area contributed by atoms with E-state index in [-0.39, 0.29) is 11.3 Å². The Labute approximate surface area is 78.0 Å². The fourth-order valence-corrected chi connectivity index (χ4v) is 2.07. The molecule has 0 bridgehead atoms. The first-order valence-corrected chi connectivity index (χ1v) is 4.99. The van der Waals surface area contributed by atoms with Crippen LogP contribution in [0.3, 0.4) is 0 Å². The van der Waals surface area contributed by atoms with Gasteiger partial charge in [-0.3, -0.25) is 0 Å². The molecule has 1 saturated carbocycles. The van der Waals surface area contributed by atoms with Crippen molar-refractivity contribution in [1.29, 1.82) is 0 Å². The van der Waals surface area contributed by atoms with Crippen molar-refractivity contribution < 1.29 is 12.9 Å². The molecule has 0 N–H and O–H groups in total. The van der Waals surface area contributed by atoms with E-state index in [9.17, 15) is 12.9 Å². The van der Waals surface area contributed by atoms with Gasteiger partial charge in [-0.05, 0) is 18.3 Å². The lowest BCUT2D eigenvalue weighted by Crippen LogP contribution is -2.26.